The number of piperazine rings is 1. The third-order valence-corrected chi connectivity index (χ3v) is 5.24. The Hall–Kier alpha value is -0.260. The van der Waals surface area contributed by atoms with Crippen molar-refractivity contribution in [2.75, 3.05) is 31.1 Å². The molecule has 2 N–H and O–H groups in total. The lowest BCUT2D eigenvalue weighted by Crippen LogP contribution is -2.60. The molecule has 2 aliphatic heterocycles. The zero-order valence-electron chi connectivity index (χ0n) is 10.6. The van der Waals surface area contributed by atoms with E-state index in [1.54, 1.807) is 0 Å². The van der Waals surface area contributed by atoms with E-state index >= 15 is 0 Å². The second kappa shape index (κ2) is 5.16. The van der Waals surface area contributed by atoms with E-state index in [4.69, 9.17) is 0 Å². The Balaban J connectivity index is 2.05. The number of nitrogens with one attached hydrogen (secondary N) is 1. The van der Waals surface area contributed by atoms with E-state index in [2.05, 4.69) is 24.1 Å². The molecule has 0 amide bonds. The third-order valence-electron chi connectivity index (χ3n) is 3.63. The smallest absolute Gasteiger partial charge is 0.322 e. The Morgan fingerprint density at radius 2 is 2.29 bits per heavy atom. The number of aliphatic carboxylic acids is 1. The van der Waals surface area contributed by atoms with Crippen LogP contribution in [0.25, 0.3) is 0 Å². The van der Waals surface area contributed by atoms with Gasteiger partial charge in [-0.3, -0.25) is 9.69 Å². The normalized spacial score (nSPS) is 34.5. The second-order valence-corrected chi connectivity index (χ2v) is 6.86. The van der Waals surface area contributed by atoms with Gasteiger partial charge in [0, 0.05) is 31.4 Å². The summed E-state index contributed by atoms with van der Waals surface area (Å²) < 4.78 is 0. The standard InChI is InChI=1S/C12H22N2O2S/c1-12(2)5-9(7-17-8-12)14-4-3-13-6-10(14)11(15)16/h9-10,13H,3-8H2,1-2H3,(H,15,16). The molecule has 2 atom stereocenters. The fourth-order valence-electron chi connectivity index (χ4n) is 2.83. The van der Waals surface area contributed by atoms with Crippen molar-refractivity contribution in [1.82, 2.24) is 10.2 Å². The van der Waals surface area contributed by atoms with Crippen molar-refractivity contribution in [3.63, 3.8) is 0 Å². The second-order valence-electron chi connectivity index (χ2n) is 5.83. The maximum atomic E-state index is 11.3. The Morgan fingerprint density at radius 3 is 2.94 bits per heavy atom. The summed E-state index contributed by atoms with van der Waals surface area (Å²) in [5.41, 5.74) is 0.335. The van der Waals surface area contributed by atoms with Crippen LogP contribution in [0.4, 0.5) is 0 Å². The highest BCUT2D eigenvalue weighted by Gasteiger charge is 2.38. The molecule has 4 nitrogen and oxygen atoms in total. The molecule has 2 saturated heterocycles. The first-order valence-corrected chi connectivity index (χ1v) is 7.42. The summed E-state index contributed by atoms with van der Waals surface area (Å²) in [5.74, 6) is 1.58. The Kier molecular flexibility index (Phi) is 4.00. The van der Waals surface area contributed by atoms with Crippen LogP contribution in [0.3, 0.4) is 0 Å². The Bertz CT molecular complexity index is 296. The zero-order valence-corrected chi connectivity index (χ0v) is 11.4. The molecule has 2 heterocycles. The number of thioether (sulfide) groups is 1. The summed E-state index contributed by atoms with van der Waals surface area (Å²) in [6.07, 6.45) is 1.11. The van der Waals surface area contributed by atoms with Gasteiger partial charge in [0.1, 0.15) is 6.04 Å². The van der Waals surface area contributed by atoms with Crippen LogP contribution < -0.4 is 5.32 Å². The van der Waals surface area contributed by atoms with Gasteiger partial charge in [-0.25, -0.2) is 0 Å². The average Bonchev–Trinajstić information content (AvgIpc) is 2.27. The topological polar surface area (TPSA) is 52.6 Å². The number of hydrogen-bond donors (Lipinski definition) is 2. The van der Waals surface area contributed by atoms with Crippen molar-refractivity contribution in [2.45, 2.75) is 32.4 Å². The molecule has 0 aromatic heterocycles. The number of carboxylic acid groups (broad SMARTS) is 1. The van der Waals surface area contributed by atoms with Crippen LogP contribution in [0.1, 0.15) is 20.3 Å². The number of nitrogens with zero attached hydrogens (tertiary/aromatic N) is 1. The molecule has 2 unspecified atom stereocenters. The van der Waals surface area contributed by atoms with Gasteiger partial charge in [0.15, 0.2) is 0 Å². The van der Waals surface area contributed by atoms with E-state index < -0.39 is 5.97 Å². The van der Waals surface area contributed by atoms with Crippen molar-refractivity contribution >= 4 is 17.7 Å². The summed E-state index contributed by atoms with van der Waals surface area (Å²) >= 11 is 1.96. The number of rotatable bonds is 2. The van der Waals surface area contributed by atoms with Crippen molar-refractivity contribution in [3.05, 3.63) is 0 Å². The molecule has 2 aliphatic rings. The number of hydrogen-bond acceptors (Lipinski definition) is 4. The summed E-state index contributed by atoms with van der Waals surface area (Å²) in [6.45, 7) is 6.91. The van der Waals surface area contributed by atoms with Gasteiger partial charge in [0.05, 0.1) is 0 Å². The lowest BCUT2D eigenvalue weighted by molar-refractivity contribution is -0.145. The van der Waals surface area contributed by atoms with Crippen LogP contribution in [-0.2, 0) is 4.79 Å². The molecule has 0 spiro atoms. The van der Waals surface area contributed by atoms with Gasteiger partial charge in [0.25, 0.3) is 0 Å². The van der Waals surface area contributed by atoms with Crippen LogP contribution in [0, 0.1) is 5.41 Å². The third kappa shape index (κ3) is 3.14. The quantitative estimate of drug-likeness (QED) is 0.770. The molecule has 0 aromatic carbocycles. The van der Waals surface area contributed by atoms with Gasteiger partial charge in [-0.15, -0.1) is 0 Å². The molecule has 0 radical (unpaired) electrons. The van der Waals surface area contributed by atoms with Gasteiger partial charge in [-0.1, -0.05) is 13.8 Å². The SMILES string of the molecule is CC1(C)CSCC(N2CCNCC2C(=O)O)C1. The van der Waals surface area contributed by atoms with Crippen LogP contribution >= 0.6 is 11.8 Å². The van der Waals surface area contributed by atoms with E-state index in [0.717, 1.165) is 25.3 Å². The Labute approximate surface area is 107 Å². The first-order valence-electron chi connectivity index (χ1n) is 6.27. The molecule has 17 heavy (non-hydrogen) atoms. The first-order chi connectivity index (χ1) is 7.99. The van der Waals surface area contributed by atoms with Crippen LogP contribution in [-0.4, -0.2) is 59.2 Å². The summed E-state index contributed by atoms with van der Waals surface area (Å²) in [4.78, 5) is 13.5. The number of carbonyl (C=O) groups is 1. The molecule has 0 aromatic rings. The van der Waals surface area contributed by atoms with Gasteiger partial charge in [-0.2, -0.15) is 11.8 Å². The summed E-state index contributed by atoms with van der Waals surface area (Å²) in [5, 5.41) is 12.5. The molecule has 2 rings (SSSR count). The minimum absolute atomic E-state index is 0.335. The minimum Gasteiger partial charge on any atom is -0.480 e. The largest absolute Gasteiger partial charge is 0.480 e. The van der Waals surface area contributed by atoms with Crippen molar-refractivity contribution in [1.29, 1.82) is 0 Å². The van der Waals surface area contributed by atoms with E-state index in [9.17, 15) is 9.90 Å². The first kappa shape index (κ1) is 13.2. The van der Waals surface area contributed by atoms with E-state index in [1.807, 2.05) is 11.8 Å². The van der Waals surface area contributed by atoms with Gasteiger partial charge in [-0.05, 0) is 17.6 Å². The Morgan fingerprint density at radius 1 is 1.53 bits per heavy atom. The molecule has 0 aliphatic carbocycles. The highest BCUT2D eigenvalue weighted by molar-refractivity contribution is 7.99. The van der Waals surface area contributed by atoms with Gasteiger partial charge in [0.2, 0.25) is 0 Å². The lowest BCUT2D eigenvalue weighted by Gasteiger charge is -2.45. The molecule has 0 saturated carbocycles. The molecular weight excluding hydrogens is 236 g/mol. The predicted octanol–water partition coefficient (Wildman–Crippen LogP) is 0.876. The molecule has 2 fully saturated rings. The van der Waals surface area contributed by atoms with Crippen LogP contribution in [0.15, 0.2) is 0 Å². The van der Waals surface area contributed by atoms with Crippen molar-refractivity contribution in [2.24, 2.45) is 5.41 Å². The molecule has 5 heteroatoms. The zero-order chi connectivity index (χ0) is 12.5. The van der Waals surface area contributed by atoms with E-state index in [0.29, 0.717) is 18.0 Å². The summed E-state index contributed by atoms with van der Waals surface area (Å²) in [6, 6.07) is 0.0789. The van der Waals surface area contributed by atoms with E-state index in [-0.39, 0.29) is 6.04 Å². The maximum Gasteiger partial charge on any atom is 0.322 e. The van der Waals surface area contributed by atoms with Crippen LogP contribution in [0.2, 0.25) is 0 Å². The van der Waals surface area contributed by atoms with Crippen molar-refractivity contribution in [3.8, 4) is 0 Å². The minimum atomic E-state index is -0.689. The number of carboxylic acids is 1. The summed E-state index contributed by atoms with van der Waals surface area (Å²) in [7, 11) is 0. The fraction of sp³-hybridized carbons (Fsp3) is 0.917. The van der Waals surface area contributed by atoms with E-state index in [1.165, 1.54) is 5.75 Å². The average molecular weight is 258 g/mol. The maximum absolute atomic E-state index is 11.3. The lowest BCUT2D eigenvalue weighted by atomic mass is 9.86. The van der Waals surface area contributed by atoms with Gasteiger partial charge < -0.3 is 10.4 Å². The van der Waals surface area contributed by atoms with Gasteiger partial charge >= 0.3 is 5.97 Å². The monoisotopic (exact) mass is 258 g/mol. The molecule has 0 bridgehead atoms. The fourth-order valence-corrected chi connectivity index (χ4v) is 4.20. The highest BCUT2D eigenvalue weighted by atomic mass is 32.2. The van der Waals surface area contributed by atoms with Crippen LogP contribution in [0.5, 0.6) is 0 Å². The molecular formula is C12H22N2O2S. The van der Waals surface area contributed by atoms with Crippen molar-refractivity contribution < 1.29 is 9.90 Å². The molecule has 98 valence electrons. The highest BCUT2D eigenvalue weighted by Crippen LogP contribution is 2.36. The predicted molar refractivity (Wildman–Crippen MR) is 70.5 cm³/mol.